The zero-order valence-electron chi connectivity index (χ0n) is 16.2. The third-order valence-corrected chi connectivity index (χ3v) is 5.19. The molecule has 2 N–H and O–H groups in total. The highest BCUT2D eigenvalue weighted by atomic mass is 127. The van der Waals surface area contributed by atoms with Crippen LogP contribution in [0.15, 0.2) is 24.3 Å². The average molecular weight is 475 g/mol. The molecule has 0 heterocycles. The summed E-state index contributed by atoms with van der Waals surface area (Å²) in [6.45, 7) is 7.60. The molecule has 0 unspecified atom stereocenters. The van der Waals surface area contributed by atoms with Crippen LogP contribution in [0.4, 0.5) is 4.79 Å². The molecule has 0 radical (unpaired) electrons. The quantitative estimate of drug-likeness (QED) is 0.559. The lowest BCUT2D eigenvalue weighted by Gasteiger charge is -2.31. The first-order valence-electron chi connectivity index (χ1n) is 8.88. The van der Waals surface area contributed by atoms with Gasteiger partial charge in [-0.3, -0.25) is 4.79 Å². The summed E-state index contributed by atoms with van der Waals surface area (Å²) >= 11 is 2.25. The first-order valence-corrected chi connectivity index (χ1v) is 9.96. The number of aliphatic hydroxyl groups excluding tert-OH is 1. The molecule has 1 aromatic carbocycles. The van der Waals surface area contributed by atoms with Gasteiger partial charge in [-0.05, 0) is 64.5 Å². The maximum absolute atomic E-state index is 12.9. The molecule has 0 aliphatic heterocycles. The lowest BCUT2D eigenvalue weighted by Crippen LogP contribution is -2.50. The molecule has 6 heteroatoms. The number of methoxy groups -OCH3 is 1. The van der Waals surface area contributed by atoms with Crippen molar-refractivity contribution in [2.45, 2.75) is 59.1 Å². The van der Waals surface area contributed by atoms with Crippen molar-refractivity contribution in [3.63, 3.8) is 0 Å². The van der Waals surface area contributed by atoms with Gasteiger partial charge in [0.05, 0.1) is 19.3 Å². The van der Waals surface area contributed by atoms with E-state index in [-0.39, 0.29) is 18.1 Å². The molecule has 1 amide bonds. The Morgan fingerprint density at radius 1 is 1.23 bits per heavy atom. The van der Waals surface area contributed by atoms with Gasteiger partial charge in [-0.2, -0.15) is 0 Å². The van der Waals surface area contributed by atoms with Crippen LogP contribution in [0.1, 0.15) is 46.1 Å². The van der Waals surface area contributed by atoms with Crippen LogP contribution in [0.5, 0.6) is 0 Å². The molecule has 0 fully saturated rings. The zero-order chi connectivity index (χ0) is 19.9. The monoisotopic (exact) mass is 475 g/mol. The van der Waals surface area contributed by atoms with Crippen molar-refractivity contribution in [2.24, 2.45) is 11.3 Å². The van der Waals surface area contributed by atoms with Gasteiger partial charge in [0.15, 0.2) is 5.78 Å². The van der Waals surface area contributed by atoms with Gasteiger partial charge in [0, 0.05) is 9.99 Å². The molecule has 1 aromatic rings. The van der Waals surface area contributed by atoms with Gasteiger partial charge in [-0.25, -0.2) is 4.79 Å². The van der Waals surface area contributed by atoms with Crippen LogP contribution in [-0.2, 0) is 16.0 Å². The van der Waals surface area contributed by atoms with Crippen LogP contribution < -0.4 is 5.32 Å². The summed E-state index contributed by atoms with van der Waals surface area (Å²) in [4.78, 5) is 24.6. The normalized spacial score (nSPS) is 15.0. The van der Waals surface area contributed by atoms with Crippen molar-refractivity contribution in [3.8, 4) is 0 Å². The number of ether oxygens (including phenoxy) is 1. The largest absolute Gasteiger partial charge is 0.453 e. The molecular weight excluding hydrogens is 445 g/mol. The maximum Gasteiger partial charge on any atom is 0.407 e. The Bertz CT molecular complexity index is 595. The van der Waals surface area contributed by atoms with E-state index in [4.69, 9.17) is 0 Å². The van der Waals surface area contributed by atoms with Crippen LogP contribution in [0.2, 0.25) is 0 Å². The Morgan fingerprint density at radius 2 is 1.81 bits per heavy atom. The molecular formula is C20H30INO4. The topological polar surface area (TPSA) is 75.6 Å². The van der Waals surface area contributed by atoms with Gasteiger partial charge in [-0.15, -0.1) is 0 Å². The summed E-state index contributed by atoms with van der Waals surface area (Å²) in [6, 6.07) is 7.41. The van der Waals surface area contributed by atoms with Crippen molar-refractivity contribution < 1.29 is 19.4 Å². The fraction of sp³-hybridized carbons (Fsp3) is 0.600. The Labute approximate surface area is 170 Å². The number of carbonyl (C=O) groups excluding carboxylic acids is 2. The fourth-order valence-electron chi connectivity index (χ4n) is 2.93. The number of alkyl carbamates (subject to hydrolysis) is 1. The maximum atomic E-state index is 12.9. The Morgan fingerprint density at radius 3 is 2.27 bits per heavy atom. The minimum Gasteiger partial charge on any atom is -0.453 e. The fourth-order valence-corrected chi connectivity index (χ4v) is 3.29. The van der Waals surface area contributed by atoms with Gasteiger partial charge in [0.25, 0.3) is 0 Å². The molecule has 1 rings (SSSR count). The highest BCUT2D eigenvalue weighted by Crippen LogP contribution is 2.26. The molecule has 26 heavy (non-hydrogen) atoms. The van der Waals surface area contributed by atoms with Crippen molar-refractivity contribution in [1.82, 2.24) is 5.32 Å². The van der Waals surface area contributed by atoms with E-state index in [9.17, 15) is 14.7 Å². The zero-order valence-corrected chi connectivity index (χ0v) is 18.4. The van der Waals surface area contributed by atoms with E-state index in [1.54, 1.807) is 0 Å². The standard InChI is InChI=1S/C20H30INO4/c1-6-16(23)14(11-13-7-9-15(21)10-8-13)12-17(24)18(20(2,3)4)22-19(25)26-5/h7-10,14,16,18,23H,6,11-12H2,1-5H3,(H,22,25)/t14-,16+,18-/m1/s1. The lowest BCUT2D eigenvalue weighted by molar-refractivity contribution is -0.125. The number of halogens is 1. The summed E-state index contributed by atoms with van der Waals surface area (Å²) in [7, 11) is 1.28. The molecule has 0 saturated carbocycles. The first kappa shape index (κ1) is 22.9. The molecule has 3 atom stereocenters. The summed E-state index contributed by atoms with van der Waals surface area (Å²) < 4.78 is 5.80. The van der Waals surface area contributed by atoms with Crippen LogP contribution in [0.25, 0.3) is 0 Å². The van der Waals surface area contributed by atoms with Gasteiger partial charge >= 0.3 is 6.09 Å². The van der Waals surface area contributed by atoms with E-state index in [2.05, 4.69) is 32.6 Å². The average Bonchev–Trinajstić information content (AvgIpc) is 2.58. The minimum absolute atomic E-state index is 0.0917. The number of Topliss-reactive ketones (excluding diaryl/α,β-unsaturated/α-hetero) is 1. The molecule has 0 aliphatic rings. The highest BCUT2D eigenvalue weighted by molar-refractivity contribution is 14.1. The number of ketones is 1. The van der Waals surface area contributed by atoms with E-state index in [1.807, 2.05) is 52.0 Å². The van der Waals surface area contributed by atoms with E-state index < -0.39 is 23.7 Å². The third kappa shape index (κ3) is 7.23. The molecule has 0 aliphatic carbocycles. The van der Waals surface area contributed by atoms with E-state index >= 15 is 0 Å². The summed E-state index contributed by atoms with van der Waals surface area (Å²) in [5.74, 6) is -0.289. The summed E-state index contributed by atoms with van der Waals surface area (Å²) in [5, 5.41) is 13.1. The van der Waals surface area contributed by atoms with E-state index in [0.29, 0.717) is 12.8 Å². The summed E-state index contributed by atoms with van der Waals surface area (Å²) in [5.41, 5.74) is 0.638. The molecule has 0 saturated heterocycles. The first-order chi connectivity index (χ1) is 12.1. The third-order valence-electron chi connectivity index (χ3n) is 4.47. The van der Waals surface area contributed by atoms with Crippen LogP contribution in [0.3, 0.4) is 0 Å². The number of carbonyl (C=O) groups is 2. The minimum atomic E-state index is -0.668. The van der Waals surface area contributed by atoms with Crippen molar-refractivity contribution in [1.29, 1.82) is 0 Å². The number of nitrogens with one attached hydrogen (secondary N) is 1. The van der Waals surface area contributed by atoms with Gasteiger partial charge < -0.3 is 15.2 Å². The predicted molar refractivity (Wildman–Crippen MR) is 111 cm³/mol. The van der Waals surface area contributed by atoms with Crippen LogP contribution >= 0.6 is 22.6 Å². The molecule has 0 bridgehead atoms. The Kier molecular flexibility index (Phi) is 9.03. The van der Waals surface area contributed by atoms with Crippen LogP contribution in [-0.4, -0.2) is 36.2 Å². The molecule has 5 nitrogen and oxygen atoms in total. The Balaban J connectivity index is 2.94. The van der Waals surface area contributed by atoms with E-state index in [0.717, 1.165) is 9.13 Å². The van der Waals surface area contributed by atoms with Crippen molar-refractivity contribution in [2.75, 3.05) is 7.11 Å². The molecule has 0 aromatic heterocycles. The van der Waals surface area contributed by atoms with Gasteiger partial charge in [-0.1, -0.05) is 39.8 Å². The number of hydrogen-bond donors (Lipinski definition) is 2. The molecule has 146 valence electrons. The number of amides is 1. The van der Waals surface area contributed by atoms with Gasteiger partial charge in [0.1, 0.15) is 0 Å². The molecule has 0 spiro atoms. The number of benzene rings is 1. The number of rotatable bonds is 8. The van der Waals surface area contributed by atoms with Crippen LogP contribution in [0, 0.1) is 14.9 Å². The van der Waals surface area contributed by atoms with Gasteiger partial charge in [0.2, 0.25) is 0 Å². The second-order valence-electron chi connectivity index (χ2n) is 7.67. The Hall–Kier alpha value is -1.15. The number of aliphatic hydroxyl groups is 1. The van der Waals surface area contributed by atoms with Crippen molar-refractivity contribution in [3.05, 3.63) is 33.4 Å². The summed E-state index contributed by atoms with van der Waals surface area (Å²) in [6.07, 6.45) is 0.201. The van der Waals surface area contributed by atoms with Crippen molar-refractivity contribution >= 4 is 34.5 Å². The SMILES string of the molecule is CC[C@H](O)[C@@H](CC(=O)[C@@H](NC(=O)OC)C(C)(C)C)Cc1ccc(I)cc1. The smallest absolute Gasteiger partial charge is 0.407 e. The second-order valence-corrected chi connectivity index (χ2v) is 8.92. The second kappa shape index (κ2) is 10.3. The number of hydrogen-bond acceptors (Lipinski definition) is 4. The lowest BCUT2D eigenvalue weighted by atomic mass is 9.79. The highest BCUT2D eigenvalue weighted by Gasteiger charge is 2.35. The predicted octanol–water partition coefficient (Wildman–Crippen LogP) is 3.95. The van der Waals surface area contributed by atoms with E-state index in [1.165, 1.54) is 7.11 Å².